The molecule has 13 atom stereocenters. The maximum Gasteiger partial charge on any atom is 0.410 e. The fourth-order valence-corrected chi connectivity index (χ4v) is 8.96. The van der Waals surface area contributed by atoms with Crippen LogP contribution in [-0.4, -0.2) is 225 Å². The fourth-order valence-electron chi connectivity index (χ4n) is 8.96. The molecule has 0 bridgehead atoms. The van der Waals surface area contributed by atoms with Gasteiger partial charge in [0.15, 0.2) is 11.9 Å². The number of nitrogens with one attached hydrogen (secondary N) is 5. The van der Waals surface area contributed by atoms with Gasteiger partial charge in [0.2, 0.25) is 6.29 Å². The standard InChI is InChI=1S/C52H91N7O20/c1-46(2,3)75-41(64)54-24-28(60)23-53-25-29-18-19-30(56-42(65)76-47(4,5)6)38(72-29)73-36-32(57-43(66)77-48(7,8)9)22-31(55-40(63)52(70)20-21-59(26-52)45(68)79-50(13,14)15)35(33(36)61)74-39-34(62)37(51(16,69)27-71-39)58(17)44(67)78-49(10,11)12/h18,28,30-39,53,60-62,69-70H,19-27H2,1-17H3,(H,54,64)(H,55,63)(H,56,65)(H,57,66)/t28?,30-,31-,32+,33-,34-,35+,36-,37-,38-,39-,51+,52?/m1/s1. The molecule has 2 unspecified atom stereocenters. The summed E-state index contributed by atoms with van der Waals surface area (Å²) < 4.78 is 52.8. The number of ether oxygens (including phenoxy) is 9. The van der Waals surface area contributed by atoms with Crippen LogP contribution in [0.5, 0.6) is 0 Å². The van der Waals surface area contributed by atoms with Crippen molar-refractivity contribution in [2.24, 2.45) is 0 Å². The lowest BCUT2D eigenvalue weighted by atomic mass is 9.82. The zero-order valence-electron chi connectivity index (χ0n) is 49.0. The molecular formula is C52H91N7O20. The number of amides is 6. The molecule has 1 aliphatic carbocycles. The quantitative estimate of drug-likeness (QED) is 0.105. The van der Waals surface area contributed by atoms with Gasteiger partial charge in [0, 0.05) is 33.1 Å². The maximum absolute atomic E-state index is 14.4. The zero-order valence-corrected chi connectivity index (χ0v) is 49.0. The minimum Gasteiger partial charge on any atom is -0.466 e. The molecule has 10 N–H and O–H groups in total. The summed E-state index contributed by atoms with van der Waals surface area (Å²) in [5.74, 6) is -0.767. The first-order chi connectivity index (χ1) is 35.9. The Balaban J connectivity index is 1.76. The van der Waals surface area contributed by atoms with Gasteiger partial charge in [-0.05, 0) is 130 Å². The second-order valence-corrected chi connectivity index (χ2v) is 25.8. The molecule has 0 spiro atoms. The van der Waals surface area contributed by atoms with E-state index < -0.39 is 156 Å². The number of likely N-dealkylation sites (N-methyl/N-ethyl adjacent to an activating group) is 1. The molecule has 6 amide bonds. The Morgan fingerprint density at radius 2 is 1.22 bits per heavy atom. The average molecular weight is 1130 g/mol. The van der Waals surface area contributed by atoms with Crippen LogP contribution < -0.4 is 26.6 Å². The van der Waals surface area contributed by atoms with Crippen molar-refractivity contribution in [1.82, 2.24) is 36.4 Å². The molecule has 4 aliphatic rings. The minimum absolute atomic E-state index is 0.0248. The summed E-state index contributed by atoms with van der Waals surface area (Å²) in [7, 11) is 1.30. The van der Waals surface area contributed by atoms with Crippen molar-refractivity contribution in [3.8, 4) is 0 Å². The van der Waals surface area contributed by atoms with E-state index in [9.17, 15) is 54.3 Å². The molecule has 27 nitrogen and oxygen atoms in total. The van der Waals surface area contributed by atoms with Crippen molar-refractivity contribution < 1.29 is 96.9 Å². The van der Waals surface area contributed by atoms with Gasteiger partial charge in [0.1, 0.15) is 63.8 Å². The number of aliphatic hydroxyl groups excluding tert-OH is 3. The van der Waals surface area contributed by atoms with Crippen molar-refractivity contribution in [2.45, 2.75) is 237 Å². The van der Waals surface area contributed by atoms with E-state index in [1.54, 1.807) is 110 Å². The topological polar surface area (TPSA) is 353 Å². The van der Waals surface area contributed by atoms with Gasteiger partial charge >= 0.3 is 30.5 Å². The van der Waals surface area contributed by atoms with Crippen LogP contribution in [-0.2, 0) is 47.4 Å². The Hall–Kier alpha value is -5.00. The second-order valence-electron chi connectivity index (χ2n) is 25.8. The van der Waals surface area contributed by atoms with Crippen LogP contribution in [0.4, 0.5) is 24.0 Å². The lowest BCUT2D eigenvalue weighted by molar-refractivity contribution is -0.311. The van der Waals surface area contributed by atoms with Crippen LogP contribution in [0.1, 0.15) is 130 Å². The van der Waals surface area contributed by atoms with Gasteiger partial charge in [-0.25, -0.2) is 24.0 Å². The number of rotatable bonds is 15. The third-order valence-electron chi connectivity index (χ3n) is 12.2. The van der Waals surface area contributed by atoms with Gasteiger partial charge < -0.3 is 105 Å². The Kier molecular flexibility index (Phi) is 21.8. The van der Waals surface area contributed by atoms with E-state index in [-0.39, 0.29) is 51.2 Å². The second kappa shape index (κ2) is 25.8. The summed E-state index contributed by atoms with van der Waals surface area (Å²) in [4.78, 5) is 82.4. The molecule has 3 heterocycles. The van der Waals surface area contributed by atoms with Crippen LogP contribution in [0.2, 0.25) is 0 Å². The molecule has 0 aromatic carbocycles. The van der Waals surface area contributed by atoms with Crippen molar-refractivity contribution in [3.05, 3.63) is 11.8 Å². The van der Waals surface area contributed by atoms with Gasteiger partial charge in [-0.1, -0.05) is 0 Å². The third kappa shape index (κ3) is 20.8. The molecule has 0 aromatic rings. The fraction of sp³-hybridized carbons (Fsp3) is 0.846. The highest BCUT2D eigenvalue weighted by Crippen LogP contribution is 2.36. The Morgan fingerprint density at radius 1 is 0.709 bits per heavy atom. The molecular weight excluding hydrogens is 1040 g/mol. The lowest BCUT2D eigenvalue weighted by Gasteiger charge is -2.50. The van der Waals surface area contributed by atoms with Gasteiger partial charge in [-0.3, -0.25) is 4.79 Å². The molecule has 0 aromatic heterocycles. The third-order valence-corrected chi connectivity index (χ3v) is 12.2. The molecule has 454 valence electrons. The Labute approximate surface area is 463 Å². The maximum atomic E-state index is 14.4. The van der Waals surface area contributed by atoms with Crippen molar-refractivity contribution in [2.75, 3.05) is 46.4 Å². The SMILES string of the molecule is CN(C(=O)OC(C)(C)C)[C@@H]1[C@@H](O)[C@@H](O[C@@H]2[C@@H](O)[C@H](O[C@H]3OC(CNCC(O)CNC(=O)OC(C)(C)C)=CC[C@H]3NC(=O)OC(C)(C)C)[C@@H](NC(=O)OC(C)(C)C)C[C@H]2NC(=O)C2(O)CCN(C(=O)OC(C)(C)C)C2)OC[C@]1(C)O. The van der Waals surface area contributed by atoms with E-state index >= 15 is 0 Å². The van der Waals surface area contributed by atoms with E-state index in [4.69, 9.17) is 42.6 Å². The monoisotopic (exact) mass is 1130 g/mol. The number of carbonyl (C=O) groups excluding carboxylic acids is 6. The summed E-state index contributed by atoms with van der Waals surface area (Å²) in [6.45, 7) is 24.8. The van der Waals surface area contributed by atoms with Crippen LogP contribution in [0.15, 0.2) is 11.8 Å². The van der Waals surface area contributed by atoms with Crippen molar-refractivity contribution in [1.29, 1.82) is 0 Å². The number of alkyl carbamates (subject to hydrolysis) is 3. The van der Waals surface area contributed by atoms with E-state index in [0.29, 0.717) is 0 Å². The highest BCUT2D eigenvalue weighted by atomic mass is 16.7. The van der Waals surface area contributed by atoms with Crippen LogP contribution >= 0.6 is 0 Å². The molecule has 3 fully saturated rings. The first-order valence-electron chi connectivity index (χ1n) is 26.6. The first kappa shape index (κ1) is 66.5. The average Bonchev–Trinajstić information content (AvgIpc) is 3.67. The smallest absolute Gasteiger partial charge is 0.410 e. The molecule has 0 radical (unpaired) electrons. The van der Waals surface area contributed by atoms with E-state index in [2.05, 4.69) is 26.6 Å². The Morgan fingerprint density at radius 3 is 1.76 bits per heavy atom. The van der Waals surface area contributed by atoms with Gasteiger partial charge in [-0.15, -0.1) is 0 Å². The summed E-state index contributed by atoms with van der Waals surface area (Å²) in [5.41, 5.74) is -8.74. The van der Waals surface area contributed by atoms with Crippen LogP contribution in [0.25, 0.3) is 0 Å². The zero-order chi connectivity index (χ0) is 60.0. The van der Waals surface area contributed by atoms with Crippen LogP contribution in [0, 0.1) is 0 Å². The highest BCUT2D eigenvalue weighted by Gasteiger charge is 2.56. The Bertz CT molecular complexity index is 2150. The molecule has 1 saturated carbocycles. The predicted octanol–water partition coefficient (Wildman–Crippen LogP) is 1.97. The number of likely N-dealkylation sites (tertiary alicyclic amines) is 1. The van der Waals surface area contributed by atoms with Crippen molar-refractivity contribution in [3.63, 3.8) is 0 Å². The highest BCUT2D eigenvalue weighted by molar-refractivity contribution is 5.87. The number of β-amino-alcohol motifs (C(OH)–C–C–N with tert-alkyl or cyclic N) is 1. The molecule has 4 rings (SSSR count). The molecule has 79 heavy (non-hydrogen) atoms. The summed E-state index contributed by atoms with van der Waals surface area (Å²) >= 11 is 0. The summed E-state index contributed by atoms with van der Waals surface area (Å²) in [6.07, 6.45) is -14.7. The largest absolute Gasteiger partial charge is 0.466 e. The number of nitrogens with zero attached hydrogens (tertiary/aromatic N) is 2. The van der Waals surface area contributed by atoms with E-state index in [0.717, 1.165) is 4.90 Å². The van der Waals surface area contributed by atoms with Gasteiger partial charge in [0.05, 0.1) is 50.0 Å². The molecule has 2 saturated heterocycles. The lowest BCUT2D eigenvalue weighted by Crippen LogP contribution is -2.71. The normalized spacial score (nSPS) is 30.1. The number of carbonyl (C=O) groups is 6. The van der Waals surface area contributed by atoms with Crippen molar-refractivity contribution >= 4 is 36.4 Å². The summed E-state index contributed by atoms with van der Waals surface area (Å²) in [6, 6.07) is -5.26. The number of hydrogen-bond donors (Lipinski definition) is 10. The van der Waals surface area contributed by atoms with Gasteiger partial charge in [-0.2, -0.15) is 0 Å². The van der Waals surface area contributed by atoms with Crippen LogP contribution in [0.3, 0.4) is 0 Å². The van der Waals surface area contributed by atoms with Gasteiger partial charge in [0.25, 0.3) is 5.91 Å². The molecule has 27 heteroatoms. The summed E-state index contributed by atoms with van der Waals surface area (Å²) in [5, 5.41) is 72.7. The first-order valence-corrected chi connectivity index (χ1v) is 26.6. The number of hydrogen-bond acceptors (Lipinski definition) is 21. The number of aliphatic hydroxyl groups is 5. The minimum atomic E-state index is -2.22. The van der Waals surface area contributed by atoms with E-state index in [1.165, 1.54) is 18.9 Å². The predicted molar refractivity (Wildman–Crippen MR) is 281 cm³/mol. The van der Waals surface area contributed by atoms with E-state index in [1.807, 2.05) is 0 Å². The molecule has 3 aliphatic heterocycles.